The fourth-order valence-electron chi connectivity index (χ4n) is 1.69. The van der Waals surface area contributed by atoms with Crippen molar-refractivity contribution in [3.8, 4) is 0 Å². The van der Waals surface area contributed by atoms with Gasteiger partial charge in [-0.2, -0.15) is 0 Å². The monoisotopic (exact) mass is 365 g/mol. The summed E-state index contributed by atoms with van der Waals surface area (Å²) in [5.41, 5.74) is 1.40. The number of amides is 1. The third kappa shape index (κ3) is 4.03. The average molecular weight is 366 g/mol. The van der Waals surface area contributed by atoms with Crippen molar-refractivity contribution in [1.29, 1.82) is 0 Å². The van der Waals surface area contributed by atoms with Crippen LogP contribution in [0.1, 0.15) is 20.8 Å². The van der Waals surface area contributed by atoms with Gasteiger partial charge in [0.05, 0.1) is 11.3 Å². The van der Waals surface area contributed by atoms with E-state index >= 15 is 0 Å². The van der Waals surface area contributed by atoms with E-state index in [1.54, 1.807) is 18.2 Å². The van der Waals surface area contributed by atoms with E-state index in [1.807, 2.05) is 18.4 Å². The summed E-state index contributed by atoms with van der Waals surface area (Å²) in [4.78, 5) is 24.0. The smallest absolute Gasteiger partial charge is 0.337 e. The van der Waals surface area contributed by atoms with Crippen LogP contribution in [0.25, 0.3) is 6.08 Å². The number of rotatable bonds is 4. The highest BCUT2D eigenvalue weighted by Crippen LogP contribution is 2.22. The second-order valence-corrected chi connectivity index (χ2v) is 6.15. The molecule has 0 aliphatic heterocycles. The van der Waals surface area contributed by atoms with Crippen LogP contribution in [0.15, 0.2) is 40.2 Å². The SMILES string of the molecule is Cc1ccsc1C=CC(=O)Nc1cc(Br)ccc1C(=O)O. The summed E-state index contributed by atoms with van der Waals surface area (Å²) >= 11 is 4.79. The predicted molar refractivity (Wildman–Crippen MR) is 87.8 cm³/mol. The summed E-state index contributed by atoms with van der Waals surface area (Å²) in [5, 5.41) is 13.6. The topological polar surface area (TPSA) is 66.4 Å². The number of carbonyl (C=O) groups is 2. The lowest BCUT2D eigenvalue weighted by Crippen LogP contribution is -2.12. The molecule has 0 spiro atoms. The first-order chi connectivity index (χ1) is 9.97. The number of anilines is 1. The lowest BCUT2D eigenvalue weighted by atomic mass is 10.2. The maximum atomic E-state index is 11.9. The molecule has 0 bridgehead atoms. The summed E-state index contributed by atoms with van der Waals surface area (Å²) < 4.78 is 0.695. The van der Waals surface area contributed by atoms with E-state index in [0.717, 1.165) is 10.4 Å². The van der Waals surface area contributed by atoms with Gasteiger partial charge in [0.1, 0.15) is 0 Å². The zero-order valence-corrected chi connectivity index (χ0v) is 13.5. The van der Waals surface area contributed by atoms with Gasteiger partial charge in [0.15, 0.2) is 0 Å². The number of aromatic carboxylic acids is 1. The van der Waals surface area contributed by atoms with E-state index in [2.05, 4.69) is 21.2 Å². The van der Waals surface area contributed by atoms with E-state index < -0.39 is 5.97 Å². The second kappa shape index (κ2) is 6.69. The quantitative estimate of drug-likeness (QED) is 0.799. The van der Waals surface area contributed by atoms with Crippen LogP contribution in [0.3, 0.4) is 0 Å². The number of benzene rings is 1. The number of thiophene rings is 1. The third-order valence-electron chi connectivity index (χ3n) is 2.76. The normalized spacial score (nSPS) is 10.8. The third-order valence-corrected chi connectivity index (χ3v) is 4.24. The van der Waals surface area contributed by atoms with Crippen molar-refractivity contribution in [2.45, 2.75) is 6.92 Å². The molecule has 0 aliphatic rings. The van der Waals surface area contributed by atoms with Crippen molar-refractivity contribution < 1.29 is 14.7 Å². The van der Waals surface area contributed by atoms with Crippen molar-refractivity contribution in [3.05, 3.63) is 56.2 Å². The first kappa shape index (κ1) is 15.5. The number of aryl methyl sites for hydroxylation is 1. The molecule has 2 rings (SSSR count). The van der Waals surface area contributed by atoms with Gasteiger partial charge in [0.25, 0.3) is 0 Å². The number of carboxylic acid groups (broad SMARTS) is 1. The van der Waals surface area contributed by atoms with Gasteiger partial charge in [-0.05, 0) is 48.2 Å². The summed E-state index contributed by atoms with van der Waals surface area (Å²) in [6.07, 6.45) is 3.11. The molecule has 2 aromatic rings. The Morgan fingerprint density at radius 2 is 2.10 bits per heavy atom. The summed E-state index contributed by atoms with van der Waals surface area (Å²) in [6, 6.07) is 6.59. The molecule has 2 N–H and O–H groups in total. The second-order valence-electron chi connectivity index (χ2n) is 4.29. The number of carbonyl (C=O) groups excluding carboxylic acids is 1. The number of nitrogens with one attached hydrogen (secondary N) is 1. The van der Waals surface area contributed by atoms with Crippen molar-refractivity contribution >= 4 is 50.9 Å². The minimum atomic E-state index is -1.09. The van der Waals surface area contributed by atoms with Gasteiger partial charge < -0.3 is 10.4 Å². The van der Waals surface area contributed by atoms with E-state index in [9.17, 15) is 9.59 Å². The van der Waals surface area contributed by atoms with Crippen molar-refractivity contribution in [1.82, 2.24) is 0 Å². The molecule has 0 radical (unpaired) electrons. The lowest BCUT2D eigenvalue weighted by molar-refractivity contribution is -0.111. The van der Waals surface area contributed by atoms with Gasteiger partial charge in [-0.15, -0.1) is 11.3 Å². The Hall–Kier alpha value is -1.92. The number of carboxylic acids is 1. The van der Waals surface area contributed by atoms with E-state index in [0.29, 0.717) is 4.47 Å². The standard InChI is InChI=1S/C15H12BrNO3S/c1-9-6-7-21-13(9)4-5-14(18)17-12-8-10(16)2-3-11(12)15(19)20/h2-8H,1H3,(H,17,18)(H,19,20). The largest absolute Gasteiger partial charge is 0.478 e. The van der Waals surface area contributed by atoms with Gasteiger partial charge in [-0.3, -0.25) is 4.79 Å². The fraction of sp³-hybridized carbons (Fsp3) is 0.0667. The zero-order chi connectivity index (χ0) is 15.4. The number of hydrogen-bond donors (Lipinski definition) is 2. The molecule has 6 heteroatoms. The zero-order valence-electron chi connectivity index (χ0n) is 11.1. The van der Waals surface area contributed by atoms with Gasteiger partial charge in [-0.25, -0.2) is 4.79 Å². The Kier molecular flexibility index (Phi) is 4.93. The number of halogens is 1. The highest BCUT2D eigenvalue weighted by molar-refractivity contribution is 9.10. The van der Waals surface area contributed by atoms with Crippen LogP contribution in [0.2, 0.25) is 0 Å². The maximum absolute atomic E-state index is 11.9. The molecule has 21 heavy (non-hydrogen) atoms. The molecule has 1 amide bonds. The summed E-state index contributed by atoms with van der Waals surface area (Å²) in [5.74, 6) is -1.46. The van der Waals surface area contributed by atoms with E-state index in [4.69, 9.17) is 5.11 Å². The van der Waals surface area contributed by atoms with Crippen molar-refractivity contribution in [2.75, 3.05) is 5.32 Å². The van der Waals surface area contributed by atoms with E-state index in [1.165, 1.54) is 23.5 Å². The van der Waals surface area contributed by atoms with Crippen molar-refractivity contribution in [3.63, 3.8) is 0 Å². The number of hydrogen-bond acceptors (Lipinski definition) is 3. The first-order valence-electron chi connectivity index (χ1n) is 6.03. The molecule has 0 atom stereocenters. The predicted octanol–water partition coefficient (Wildman–Crippen LogP) is 4.17. The van der Waals surface area contributed by atoms with Crippen LogP contribution in [-0.2, 0) is 4.79 Å². The van der Waals surface area contributed by atoms with Crippen LogP contribution in [0.5, 0.6) is 0 Å². The molecule has 1 aromatic heterocycles. The maximum Gasteiger partial charge on any atom is 0.337 e. The molecule has 0 aliphatic carbocycles. The van der Waals surface area contributed by atoms with Crippen LogP contribution in [0.4, 0.5) is 5.69 Å². The highest BCUT2D eigenvalue weighted by atomic mass is 79.9. The Bertz CT molecular complexity index is 721. The van der Waals surface area contributed by atoms with Gasteiger partial charge in [0, 0.05) is 15.4 Å². The van der Waals surface area contributed by atoms with Crippen molar-refractivity contribution in [2.24, 2.45) is 0 Å². The molecule has 0 saturated carbocycles. The molecular formula is C15H12BrNO3S. The summed E-state index contributed by atoms with van der Waals surface area (Å²) in [6.45, 7) is 1.96. The van der Waals surface area contributed by atoms with Gasteiger partial charge >= 0.3 is 5.97 Å². The van der Waals surface area contributed by atoms with Crippen LogP contribution in [0, 0.1) is 6.92 Å². The average Bonchev–Trinajstić information content (AvgIpc) is 2.81. The van der Waals surface area contributed by atoms with Crippen LogP contribution >= 0.6 is 27.3 Å². The first-order valence-corrected chi connectivity index (χ1v) is 7.70. The molecule has 1 aromatic carbocycles. The Labute approximate surface area is 134 Å². The molecular weight excluding hydrogens is 354 g/mol. The molecule has 0 saturated heterocycles. The minimum absolute atomic E-state index is 0.0484. The van der Waals surface area contributed by atoms with E-state index in [-0.39, 0.29) is 17.2 Å². The molecule has 1 heterocycles. The lowest BCUT2D eigenvalue weighted by Gasteiger charge is -2.07. The summed E-state index contributed by atoms with van der Waals surface area (Å²) in [7, 11) is 0. The fourth-order valence-corrected chi connectivity index (χ4v) is 2.87. The highest BCUT2D eigenvalue weighted by Gasteiger charge is 2.11. The molecule has 108 valence electrons. The van der Waals surface area contributed by atoms with Crippen LogP contribution in [-0.4, -0.2) is 17.0 Å². The van der Waals surface area contributed by atoms with Gasteiger partial charge in [-0.1, -0.05) is 15.9 Å². The van der Waals surface area contributed by atoms with Crippen LogP contribution < -0.4 is 5.32 Å². The van der Waals surface area contributed by atoms with Gasteiger partial charge in [0.2, 0.25) is 5.91 Å². The Morgan fingerprint density at radius 3 is 2.71 bits per heavy atom. The Morgan fingerprint density at radius 1 is 1.33 bits per heavy atom. The molecule has 0 fully saturated rings. The minimum Gasteiger partial charge on any atom is -0.478 e. The Balaban J connectivity index is 2.16. The molecule has 0 unspecified atom stereocenters. The molecule has 4 nitrogen and oxygen atoms in total.